The number of hydrogen-bond acceptors (Lipinski definition) is 5. The van der Waals surface area contributed by atoms with E-state index < -0.39 is 16.1 Å². The minimum Gasteiger partial charge on any atom is -0.497 e. The molecule has 5 rings (SSSR count). The number of aliphatic hydroxyl groups excluding tert-OH is 1. The average molecular weight is 549 g/mol. The maximum atomic E-state index is 13.7. The Bertz CT molecular complexity index is 1370. The molecule has 8 heteroatoms. The summed E-state index contributed by atoms with van der Waals surface area (Å²) >= 11 is 0. The first-order valence-corrected chi connectivity index (χ1v) is 15.1. The largest absolute Gasteiger partial charge is 0.497 e. The van der Waals surface area contributed by atoms with Crippen LogP contribution in [0.1, 0.15) is 53.1 Å². The van der Waals surface area contributed by atoms with E-state index in [1.807, 2.05) is 42.5 Å². The van der Waals surface area contributed by atoms with Crippen molar-refractivity contribution < 1.29 is 23.1 Å². The van der Waals surface area contributed by atoms with E-state index in [4.69, 9.17) is 4.74 Å². The zero-order valence-electron chi connectivity index (χ0n) is 22.3. The van der Waals surface area contributed by atoms with Crippen molar-refractivity contribution in [3.05, 3.63) is 95.6 Å². The van der Waals surface area contributed by atoms with Crippen LogP contribution in [0.2, 0.25) is 0 Å². The maximum absolute atomic E-state index is 13.7. The third-order valence-corrected chi connectivity index (χ3v) is 9.78. The van der Waals surface area contributed by atoms with Gasteiger partial charge in [-0.15, -0.1) is 0 Å². The highest BCUT2D eigenvalue weighted by molar-refractivity contribution is 7.89. The van der Waals surface area contributed by atoms with Gasteiger partial charge >= 0.3 is 0 Å². The highest BCUT2D eigenvalue weighted by Gasteiger charge is 2.35. The third-order valence-electron chi connectivity index (χ3n) is 7.94. The molecule has 1 saturated carbocycles. The van der Waals surface area contributed by atoms with E-state index in [2.05, 4.69) is 12.1 Å². The molecule has 3 aromatic rings. The third kappa shape index (κ3) is 6.03. The van der Waals surface area contributed by atoms with Crippen molar-refractivity contribution in [3.63, 3.8) is 0 Å². The average Bonchev–Trinajstić information content (AvgIpc) is 3.48. The van der Waals surface area contributed by atoms with Crippen LogP contribution in [-0.4, -0.2) is 68.0 Å². The van der Waals surface area contributed by atoms with E-state index >= 15 is 0 Å². The van der Waals surface area contributed by atoms with Crippen molar-refractivity contribution in [2.75, 3.05) is 33.3 Å². The van der Waals surface area contributed by atoms with E-state index in [9.17, 15) is 18.3 Å². The van der Waals surface area contributed by atoms with E-state index in [-0.39, 0.29) is 35.7 Å². The lowest BCUT2D eigenvalue weighted by molar-refractivity contribution is 0.0551. The summed E-state index contributed by atoms with van der Waals surface area (Å²) in [5, 5.41) is 11.2. The molecule has 3 aromatic carbocycles. The van der Waals surface area contributed by atoms with Gasteiger partial charge < -0.3 is 14.7 Å². The first-order valence-electron chi connectivity index (χ1n) is 13.6. The van der Waals surface area contributed by atoms with Crippen LogP contribution in [0.5, 0.6) is 5.75 Å². The topological polar surface area (TPSA) is 87.2 Å². The Morgan fingerprint density at radius 1 is 0.974 bits per heavy atom. The molecule has 1 heterocycles. The highest BCUT2D eigenvalue weighted by Crippen LogP contribution is 2.34. The smallest absolute Gasteiger partial charge is 0.254 e. The second-order valence-corrected chi connectivity index (χ2v) is 12.5. The number of carbonyl (C=O) groups excluding carboxylic acids is 1. The molecule has 2 atom stereocenters. The number of methoxy groups -OCH3 is 1. The number of aliphatic hydroxyl groups is 1. The van der Waals surface area contributed by atoms with Crippen molar-refractivity contribution in [1.82, 2.24) is 9.21 Å². The van der Waals surface area contributed by atoms with Gasteiger partial charge in [-0.1, -0.05) is 61.4 Å². The molecule has 1 aliphatic carbocycles. The molecule has 2 unspecified atom stereocenters. The van der Waals surface area contributed by atoms with Gasteiger partial charge in [-0.25, -0.2) is 8.42 Å². The Morgan fingerprint density at radius 2 is 1.64 bits per heavy atom. The first-order chi connectivity index (χ1) is 18.9. The van der Waals surface area contributed by atoms with Gasteiger partial charge in [-0.3, -0.25) is 4.79 Å². The molecule has 1 aliphatic heterocycles. The number of hydrogen-bond donors (Lipinski definition) is 1. The first kappa shape index (κ1) is 27.4. The zero-order chi connectivity index (χ0) is 27.4. The van der Waals surface area contributed by atoms with Crippen molar-refractivity contribution in [1.29, 1.82) is 0 Å². The van der Waals surface area contributed by atoms with Crippen LogP contribution >= 0.6 is 0 Å². The quantitative estimate of drug-likeness (QED) is 0.403. The molecule has 206 valence electrons. The fourth-order valence-corrected chi connectivity index (χ4v) is 7.44. The van der Waals surface area contributed by atoms with Gasteiger partial charge in [-0.2, -0.15) is 4.31 Å². The van der Waals surface area contributed by atoms with Gasteiger partial charge in [0.05, 0.1) is 18.1 Å². The van der Waals surface area contributed by atoms with Crippen LogP contribution in [0, 0.1) is 5.92 Å². The molecule has 0 bridgehead atoms. The van der Waals surface area contributed by atoms with Gasteiger partial charge in [0, 0.05) is 37.7 Å². The molecule has 0 aromatic heterocycles. The number of benzene rings is 3. The number of fused-ring (bicyclic) bond motifs is 1. The SMILES string of the molecule is COc1ccc(S(=O)(=O)N(CC(O)CN2CC(c3ccccc3)c3ccccc3C2=O)CC2CCCC2)cc1. The molecular weight excluding hydrogens is 512 g/mol. The lowest BCUT2D eigenvalue weighted by Crippen LogP contribution is -2.48. The molecule has 1 fully saturated rings. The van der Waals surface area contributed by atoms with Crippen LogP contribution in [-0.2, 0) is 10.0 Å². The summed E-state index contributed by atoms with van der Waals surface area (Å²) in [6.45, 7) is 0.752. The van der Waals surface area contributed by atoms with Gasteiger partial charge in [0.2, 0.25) is 10.0 Å². The van der Waals surface area contributed by atoms with Crippen LogP contribution in [0.15, 0.2) is 83.8 Å². The summed E-state index contributed by atoms with van der Waals surface area (Å²) in [6, 6.07) is 24.0. The summed E-state index contributed by atoms with van der Waals surface area (Å²) in [7, 11) is -2.31. The van der Waals surface area contributed by atoms with Crippen LogP contribution in [0.3, 0.4) is 0 Å². The number of carbonyl (C=O) groups is 1. The molecule has 2 aliphatic rings. The Morgan fingerprint density at radius 3 is 2.33 bits per heavy atom. The van der Waals surface area contributed by atoms with Gasteiger partial charge in [0.25, 0.3) is 5.91 Å². The summed E-state index contributed by atoms with van der Waals surface area (Å²) in [6.07, 6.45) is 3.10. The number of nitrogens with zero attached hydrogens (tertiary/aromatic N) is 2. The number of sulfonamides is 1. The molecule has 0 saturated heterocycles. The van der Waals surface area contributed by atoms with E-state index in [1.54, 1.807) is 17.0 Å². The Balaban J connectivity index is 1.37. The van der Waals surface area contributed by atoms with Gasteiger partial charge in [0.15, 0.2) is 0 Å². The van der Waals surface area contributed by atoms with Crippen LogP contribution in [0.25, 0.3) is 0 Å². The van der Waals surface area contributed by atoms with Crippen molar-refractivity contribution in [2.45, 2.75) is 42.6 Å². The standard InChI is InChI=1S/C31H36N2O5S/c1-38-26-15-17-27(18-16-26)39(36,37)33(19-23-9-5-6-10-23)21-25(34)20-32-22-30(24-11-3-2-4-12-24)28-13-7-8-14-29(28)31(32)35/h2-4,7-8,11-18,23,25,30,34H,5-6,9-10,19-22H2,1H3. The molecule has 7 nitrogen and oxygen atoms in total. The minimum absolute atomic E-state index is 0.0232. The number of amides is 1. The predicted octanol–water partition coefficient (Wildman–Crippen LogP) is 4.52. The monoisotopic (exact) mass is 548 g/mol. The van der Waals surface area contributed by atoms with Gasteiger partial charge in [0.1, 0.15) is 5.75 Å². The lowest BCUT2D eigenvalue weighted by atomic mass is 9.84. The summed E-state index contributed by atoms with van der Waals surface area (Å²) in [4.78, 5) is 15.3. The second-order valence-electron chi connectivity index (χ2n) is 10.6. The number of ether oxygens (including phenoxy) is 1. The van der Waals surface area contributed by atoms with Crippen LogP contribution in [0.4, 0.5) is 0 Å². The van der Waals surface area contributed by atoms with E-state index in [1.165, 1.54) is 23.5 Å². The zero-order valence-corrected chi connectivity index (χ0v) is 23.1. The summed E-state index contributed by atoms with van der Waals surface area (Å²) < 4.78 is 34.0. The Hall–Kier alpha value is -3.20. The van der Waals surface area contributed by atoms with Crippen molar-refractivity contribution in [2.24, 2.45) is 5.92 Å². The summed E-state index contributed by atoms with van der Waals surface area (Å²) in [5.74, 6) is 0.673. The molecular formula is C31H36N2O5S. The maximum Gasteiger partial charge on any atom is 0.254 e. The van der Waals surface area contributed by atoms with Crippen LogP contribution < -0.4 is 4.74 Å². The van der Waals surface area contributed by atoms with E-state index in [0.717, 1.165) is 36.8 Å². The van der Waals surface area contributed by atoms with Gasteiger partial charge in [-0.05, 0) is 60.2 Å². The number of β-amino-alcohol motifs (C(OH)–C–C–N with tert-alkyl or cyclic N) is 1. The molecule has 39 heavy (non-hydrogen) atoms. The van der Waals surface area contributed by atoms with Crippen molar-refractivity contribution in [3.8, 4) is 5.75 Å². The predicted molar refractivity (Wildman–Crippen MR) is 150 cm³/mol. The molecule has 1 N–H and O–H groups in total. The summed E-state index contributed by atoms with van der Waals surface area (Å²) in [5.41, 5.74) is 2.70. The van der Waals surface area contributed by atoms with E-state index in [0.29, 0.717) is 24.4 Å². The van der Waals surface area contributed by atoms with Crippen molar-refractivity contribution >= 4 is 15.9 Å². The Kier molecular flexibility index (Phi) is 8.35. The molecule has 0 spiro atoms. The second kappa shape index (κ2) is 11.9. The minimum atomic E-state index is -3.85. The fourth-order valence-electron chi connectivity index (χ4n) is 5.89. The normalized spacial score (nSPS) is 18.8. The Labute approximate surface area is 231 Å². The fraction of sp³-hybridized carbons (Fsp3) is 0.387. The number of rotatable bonds is 10. The molecule has 0 radical (unpaired) electrons. The molecule has 1 amide bonds. The highest BCUT2D eigenvalue weighted by atomic mass is 32.2. The lowest BCUT2D eigenvalue weighted by Gasteiger charge is -2.36.